The van der Waals surface area contributed by atoms with Crippen molar-refractivity contribution < 1.29 is 9.53 Å². The Bertz CT molecular complexity index is 582. The van der Waals surface area contributed by atoms with E-state index in [1.165, 1.54) is 13.3 Å². The number of pyridine rings is 1. The molecule has 20 heavy (non-hydrogen) atoms. The third kappa shape index (κ3) is 3.33. The van der Waals surface area contributed by atoms with Crippen molar-refractivity contribution in [1.29, 1.82) is 0 Å². The Morgan fingerprint density at radius 3 is 2.70 bits per heavy atom. The molecule has 1 heterocycles. The van der Waals surface area contributed by atoms with Gasteiger partial charge < -0.3 is 15.8 Å². The number of carbonyl (C=O) groups is 1. The van der Waals surface area contributed by atoms with E-state index in [1.54, 1.807) is 12.3 Å². The van der Waals surface area contributed by atoms with Gasteiger partial charge in [-0.25, -0.2) is 0 Å². The Morgan fingerprint density at radius 1 is 1.30 bits per heavy atom. The average Bonchev–Trinajstić information content (AvgIpc) is 2.49. The molecule has 0 radical (unpaired) electrons. The lowest BCUT2D eigenvalue weighted by Crippen LogP contribution is -2.13. The van der Waals surface area contributed by atoms with Crippen LogP contribution in [0.25, 0.3) is 0 Å². The van der Waals surface area contributed by atoms with E-state index in [-0.39, 0.29) is 5.91 Å². The highest BCUT2D eigenvalue weighted by atomic mass is 16.5. The molecule has 2 aromatic rings. The van der Waals surface area contributed by atoms with Gasteiger partial charge in [0.25, 0.3) is 5.91 Å². The second-order valence-electron chi connectivity index (χ2n) is 4.27. The summed E-state index contributed by atoms with van der Waals surface area (Å²) in [5, 5.41) is 2.82. The second-order valence-corrected chi connectivity index (χ2v) is 4.27. The van der Waals surface area contributed by atoms with Gasteiger partial charge in [-0.2, -0.15) is 0 Å². The van der Waals surface area contributed by atoms with Gasteiger partial charge in [-0.1, -0.05) is 12.1 Å². The first-order chi connectivity index (χ1) is 9.74. The summed E-state index contributed by atoms with van der Waals surface area (Å²) in [5.74, 6) is 0.223. The highest BCUT2D eigenvalue weighted by Gasteiger charge is 2.11. The zero-order chi connectivity index (χ0) is 14.4. The molecule has 0 unspecified atom stereocenters. The van der Waals surface area contributed by atoms with Crippen LogP contribution < -0.4 is 15.8 Å². The number of nitrogens with one attached hydrogen (secondary N) is 1. The molecule has 1 aromatic carbocycles. The van der Waals surface area contributed by atoms with Crippen LogP contribution in [0.4, 0.5) is 5.69 Å². The molecule has 0 aliphatic carbocycles. The zero-order valence-electron chi connectivity index (χ0n) is 11.3. The first-order valence-electron chi connectivity index (χ1n) is 6.33. The number of nitrogens with zero attached hydrogens (tertiary/aromatic N) is 1. The third-order valence-electron chi connectivity index (χ3n) is 2.89. The molecular weight excluding hydrogens is 254 g/mol. The van der Waals surface area contributed by atoms with Crippen molar-refractivity contribution in [3.8, 4) is 5.75 Å². The fourth-order valence-electron chi connectivity index (χ4n) is 1.85. The molecule has 5 nitrogen and oxygen atoms in total. The van der Waals surface area contributed by atoms with Crippen molar-refractivity contribution in [3.05, 3.63) is 53.9 Å². The van der Waals surface area contributed by atoms with E-state index in [9.17, 15) is 4.79 Å². The fraction of sp³-hybridized carbons (Fsp3) is 0.200. The summed E-state index contributed by atoms with van der Waals surface area (Å²) in [6.45, 7) is 0.611. The third-order valence-corrected chi connectivity index (χ3v) is 2.89. The van der Waals surface area contributed by atoms with Gasteiger partial charge in [-0.05, 0) is 36.7 Å². The maximum Gasteiger partial charge on any atom is 0.259 e. The minimum Gasteiger partial charge on any atom is -0.494 e. The zero-order valence-corrected chi connectivity index (χ0v) is 11.3. The minimum atomic E-state index is -0.226. The molecule has 0 atom stereocenters. The Labute approximate surface area is 117 Å². The maximum atomic E-state index is 12.2. The van der Waals surface area contributed by atoms with Crippen molar-refractivity contribution in [1.82, 2.24) is 4.98 Å². The maximum absolute atomic E-state index is 12.2. The number of anilines is 1. The van der Waals surface area contributed by atoms with Crippen LogP contribution in [0.2, 0.25) is 0 Å². The van der Waals surface area contributed by atoms with E-state index in [1.807, 2.05) is 24.3 Å². The number of carbonyl (C=O) groups excluding carboxylic acids is 1. The summed E-state index contributed by atoms with van der Waals surface area (Å²) >= 11 is 0. The minimum absolute atomic E-state index is 0.226. The van der Waals surface area contributed by atoms with Crippen LogP contribution >= 0.6 is 0 Å². The van der Waals surface area contributed by atoms with Crippen LogP contribution in [-0.4, -0.2) is 24.5 Å². The van der Waals surface area contributed by atoms with E-state index in [0.29, 0.717) is 17.9 Å². The van der Waals surface area contributed by atoms with Crippen LogP contribution in [-0.2, 0) is 6.42 Å². The molecule has 104 valence electrons. The number of ether oxygens (including phenoxy) is 1. The summed E-state index contributed by atoms with van der Waals surface area (Å²) in [4.78, 5) is 16.1. The molecule has 5 heteroatoms. The monoisotopic (exact) mass is 271 g/mol. The normalized spacial score (nSPS) is 10.1. The van der Waals surface area contributed by atoms with Gasteiger partial charge in [-0.15, -0.1) is 0 Å². The predicted molar refractivity (Wildman–Crippen MR) is 77.9 cm³/mol. The molecule has 1 aromatic heterocycles. The number of rotatable bonds is 5. The second kappa shape index (κ2) is 6.68. The van der Waals surface area contributed by atoms with Gasteiger partial charge in [0, 0.05) is 11.9 Å². The Hall–Kier alpha value is -2.40. The van der Waals surface area contributed by atoms with Crippen molar-refractivity contribution in [3.63, 3.8) is 0 Å². The number of methoxy groups -OCH3 is 1. The first kappa shape index (κ1) is 14.0. The fourth-order valence-corrected chi connectivity index (χ4v) is 1.85. The summed E-state index contributed by atoms with van der Waals surface area (Å²) in [5.41, 5.74) is 7.83. The highest BCUT2D eigenvalue weighted by molar-refractivity contribution is 6.06. The van der Waals surface area contributed by atoms with Crippen molar-refractivity contribution in [2.75, 3.05) is 19.0 Å². The van der Waals surface area contributed by atoms with Crippen molar-refractivity contribution in [2.45, 2.75) is 6.42 Å². The lowest BCUT2D eigenvalue weighted by atomic mass is 10.1. The average molecular weight is 271 g/mol. The smallest absolute Gasteiger partial charge is 0.259 e. The largest absolute Gasteiger partial charge is 0.494 e. The molecule has 3 N–H and O–H groups in total. The van der Waals surface area contributed by atoms with Crippen LogP contribution in [0.1, 0.15) is 15.9 Å². The van der Waals surface area contributed by atoms with Crippen molar-refractivity contribution >= 4 is 11.6 Å². The molecule has 2 rings (SSSR count). The van der Waals surface area contributed by atoms with Gasteiger partial charge in [0.05, 0.1) is 18.9 Å². The van der Waals surface area contributed by atoms with Gasteiger partial charge >= 0.3 is 0 Å². The topological polar surface area (TPSA) is 77.2 Å². The van der Waals surface area contributed by atoms with Gasteiger partial charge in [-0.3, -0.25) is 9.78 Å². The van der Waals surface area contributed by atoms with Gasteiger partial charge in [0.15, 0.2) is 0 Å². The Kier molecular flexibility index (Phi) is 4.68. The SMILES string of the molecule is COc1cnccc1C(=O)Nc1ccc(CCN)cc1. The molecule has 0 fully saturated rings. The van der Waals surface area contributed by atoms with Crippen LogP contribution in [0.15, 0.2) is 42.7 Å². The van der Waals surface area contributed by atoms with Crippen LogP contribution in [0, 0.1) is 0 Å². The summed E-state index contributed by atoms with van der Waals surface area (Å²) in [6.07, 6.45) is 3.90. The van der Waals surface area contributed by atoms with Gasteiger partial charge in [0.1, 0.15) is 5.75 Å². The Morgan fingerprint density at radius 2 is 2.05 bits per heavy atom. The van der Waals surface area contributed by atoms with E-state index in [2.05, 4.69) is 10.3 Å². The van der Waals surface area contributed by atoms with Gasteiger partial charge in [0.2, 0.25) is 0 Å². The van der Waals surface area contributed by atoms with E-state index in [0.717, 1.165) is 17.7 Å². The van der Waals surface area contributed by atoms with Crippen molar-refractivity contribution in [2.24, 2.45) is 5.73 Å². The molecule has 0 saturated heterocycles. The van der Waals surface area contributed by atoms with Crippen LogP contribution in [0.3, 0.4) is 0 Å². The number of hydrogen-bond acceptors (Lipinski definition) is 4. The van der Waals surface area contributed by atoms with E-state index < -0.39 is 0 Å². The predicted octanol–water partition coefficient (Wildman–Crippen LogP) is 1.84. The summed E-state index contributed by atoms with van der Waals surface area (Å²) < 4.78 is 5.12. The number of nitrogens with two attached hydrogens (primary N) is 1. The molecular formula is C15H17N3O2. The molecule has 0 saturated carbocycles. The molecule has 0 aliphatic rings. The number of aromatic nitrogens is 1. The van der Waals surface area contributed by atoms with E-state index in [4.69, 9.17) is 10.5 Å². The highest BCUT2D eigenvalue weighted by Crippen LogP contribution is 2.18. The van der Waals surface area contributed by atoms with E-state index >= 15 is 0 Å². The molecule has 1 amide bonds. The number of amides is 1. The number of hydrogen-bond donors (Lipinski definition) is 2. The lowest BCUT2D eigenvalue weighted by Gasteiger charge is -2.09. The summed E-state index contributed by atoms with van der Waals surface area (Å²) in [6, 6.07) is 9.24. The summed E-state index contributed by atoms with van der Waals surface area (Å²) in [7, 11) is 1.51. The van der Waals surface area contributed by atoms with Crippen LogP contribution in [0.5, 0.6) is 5.75 Å². The molecule has 0 spiro atoms. The number of benzene rings is 1. The Balaban J connectivity index is 2.11. The first-order valence-corrected chi connectivity index (χ1v) is 6.33. The molecule has 0 bridgehead atoms. The molecule has 0 aliphatic heterocycles. The lowest BCUT2D eigenvalue weighted by molar-refractivity contribution is 0.102. The standard InChI is InChI=1S/C15H17N3O2/c1-20-14-10-17-9-7-13(14)15(19)18-12-4-2-11(3-5-12)6-8-16/h2-5,7,9-10H,6,8,16H2,1H3,(H,18,19). The quantitative estimate of drug-likeness (QED) is 0.870.